The minimum absolute atomic E-state index is 0.105. The van der Waals surface area contributed by atoms with Crippen LogP contribution < -0.4 is 10.1 Å². The third-order valence-electron chi connectivity index (χ3n) is 6.32. The molecule has 1 aromatic rings. The van der Waals surface area contributed by atoms with Crippen LogP contribution in [0, 0.1) is 11.8 Å². The van der Waals surface area contributed by atoms with E-state index in [1.165, 1.54) is 12.0 Å². The van der Waals surface area contributed by atoms with Gasteiger partial charge in [0, 0.05) is 30.6 Å². The quantitative estimate of drug-likeness (QED) is 0.849. The maximum Gasteiger partial charge on any atom is 0.222 e. The molecular formula is C21H30N2O3. The summed E-state index contributed by atoms with van der Waals surface area (Å²) in [6.45, 7) is 3.81. The lowest BCUT2D eigenvalue weighted by molar-refractivity contribution is -0.125. The Labute approximate surface area is 156 Å². The minimum Gasteiger partial charge on any atom is -0.496 e. The maximum atomic E-state index is 12.2. The average Bonchev–Trinajstić information content (AvgIpc) is 3.01. The van der Waals surface area contributed by atoms with Crippen molar-refractivity contribution in [1.29, 1.82) is 0 Å². The average molecular weight is 358 g/mol. The summed E-state index contributed by atoms with van der Waals surface area (Å²) in [7, 11) is 1.73. The van der Waals surface area contributed by atoms with E-state index < -0.39 is 0 Å². The molecule has 2 heterocycles. The summed E-state index contributed by atoms with van der Waals surface area (Å²) in [5.41, 5.74) is 1.24. The zero-order valence-corrected chi connectivity index (χ0v) is 15.7. The lowest BCUT2D eigenvalue weighted by atomic mass is 9.83. The summed E-state index contributed by atoms with van der Waals surface area (Å²) in [4.78, 5) is 14.7. The number of hydrogen-bond acceptors (Lipinski definition) is 4. The molecule has 0 aromatic heterocycles. The van der Waals surface area contributed by atoms with Crippen LogP contribution in [0.2, 0.25) is 0 Å². The molecule has 5 nitrogen and oxygen atoms in total. The van der Waals surface area contributed by atoms with Crippen LogP contribution >= 0.6 is 0 Å². The van der Waals surface area contributed by atoms with Crippen molar-refractivity contribution in [2.45, 2.75) is 50.8 Å². The molecule has 1 saturated carbocycles. The number of amides is 1. The Morgan fingerprint density at radius 2 is 2.15 bits per heavy atom. The largest absolute Gasteiger partial charge is 0.496 e. The predicted molar refractivity (Wildman–Crippen MR) is 100 cm³/mol. The van der Waals surface area contributed by atoms with Crippen molar-refractivity contribution in [3.8, 4) is 5.75 Å². The molecule has 2 aliphatic heterocycles. The first-order chi connectivity index (χ1) is 12.7. The second kappa shape index (κ2) is 7.97. The number of fused-ring (bicyclic) bond motifs is 1. The van der Waals surface area contributed by atoms with Crippen LogP contribution in [0.1, 0.15) is 37.7 Å². The highest BCUT2D eigenvalue weighted by Crippen LogP contribution is 2.36. The summed E-state index contributed by atoms with van der Waals surface area (Å²) in [6.07, 6.45) is 5.28. The molecule has 3 atom stereocenters. The van der Waals surface area contributed by atoms with Crippen LogP contribution in [-0.4, -0.2) is 49.8 Å². The number of carbonyl (C=O) groups is 1. The zero-order chi connectivity index (χ0) is 17.9. The Balaban J connectivity index is 1.29. The summed E-state index contributed by atoms with van der Waals surface area (Å²) >= 11 is 0. The van der Waals surface area contributed by atoms with E-state index in [0.717, 1.165) is 51.3 Å². The molecule has 3 aliphatic rings. The number of nitrogens with one attached hydrogen (secondary N) is 1. The van der Waals surface area contributed by atoms with Gasteiger partial charge in [-0.1, -0.05) is 18.2 Å². The first kappa shape index (κ1) is 17.8. The molecule has 26 heavy (non-hydrogen) atoms. The Kier molecular flexibility index (Phi) is 5.46. The van der Waals surface area contributed by atoms with Crippen molar-refractivity contribution in [3.63, 3.8) is 0 Å². The minimum atomic E-state index is 0.105. The lowest BCUT2D eigenvalue weighted by Gasteiger charge is -2.36. The van der Waals surface area contributed by atoms with Gasteiger partial charge in [-0.3, -0.25) is 9.69 Å². The highest BCUT2D eigenvalue weighted by Gasteiger charge is 2.41. The van der Waals surface area contributed by atoms with Gasteiger partial charge in [-0.2, -0.15) is 0 Å². The monoisotopic (exact) mass is 358 g/mol. The summed E-state index contributed by atoms with van der Waals surface area (Å²) in [5.74, 6) is 2.20. The highest BCUT2D eigenvalue weighted by atomic mass is 16.5. The Hall–Kier alpha value is -1.59. The van der Waals surface area contributed by atoms with Crippen LogP contribution in [0.3, 0.4) is 0 Å². The topological polar surface area (TPSA) is 50.8 Å². The van der Waals surface area contributed by atoms with Crippen molar-refractivity contribution < 1.29 is 14.3 Å². The predicted octanol–water partition coefficient (Wildman–Crippen LogP) is 2.59. The molecule has 0 unspecified atom stereocenters. The van der Waals surface area contributed by atoms with Crippen molar-refractivity contribution in [3.05, 3.63) is 29.8 Å². The molecule has 0 bridgehead atoms. The Morgan fingerprint density at radius 3 is 2.92 bits per heavy atom. The smallest absolute Gasteiger partial charge is 0.222 e. The number of hydrogen-bond donors (Lipinski definition) is 1. The lowest BCUT2D eigenvalue weighted by Crippen LogP contribution is -2.43. The molecule has 0 spiro atoms. The third kappa shape index (κ3) is 3.89. The molecule has 3 fully saturated rings. The van der Waals surface area contributed by atoms with E-state index in [-0.39, 0.29) is 12.0 Å². The number of rotatable bonds is 6. The summed E-state index contributed by atoms with van der Waals surface area (Å²) in [6, 6.07) is 8.67. The molecule has 142 valence electrons. The Bertz CT molecular complexity index is 631. The van der Waals surface area contributed by atoms with Crippen LogP contribution in [-0.2, 0) is 16.1 Å². The van der Waals surface area contributed by atoms with Crippen LogP contribution in [0.15, 0.2) is 24.3 Å². The fourth-order valence-corrected chi connectivity index (χ4v) is 4.61. The molecule has 1 aliphatic carbocycles. The van der Waals surface area contributed by atoms with Crippen LogP contribution in [0.25, 0.3) is 0 Å². The fourth-order valence-electron chi connectivity index (χ4n) is 4.61. The number of piperidine rings is 1. The van der Waals surface area contributed by atoms with Crippen molar-refractivity contribution >= 4 is 5.91 Å². The van der Waals surface area contributed by atoms with Crippen molar-refractivity contribution in [1.82, 2.24) is 10.2 Å². The van der Waals surface area contributed by atoms with Gasteiger partial charge in [-0.05, 0) is 44.2 Å². The fraction of sp³-hybridized carbons (Fsp3) is 0.667. The van der Waals surface area contributed by atoms with Crippen molar-refractivity contribution in [2.24, 2.45) is 11.8 Å². The number of likely N-dealkylation sites (tertiary alicyclic amines) is 1. The SMILES string of the molecule is COc1ccccc1CN1CC[C@@H]2[C@@H](CO[C@@H]2CC(=O)NC2CCC2)C1. The third-order valence-corrected chi connectivity index (χ3v) is 6.32. The van der Waals surface area contributed by atoms with E-state index in [1.807, 2.05) is 12.1 Å². The number of carbonyl (C=O) groups excluding carboxylic acids is 1. The second-order valence-corrected chi connectivity index (χ2v) is 8.03. The van der Waals surface area contributed by atoms with Gasteiger partial charge in [0.15, 0.2) is 0 Å². The van der Waals surface area contributed by atoms with Gasteiger partial charge in [0.2, 0.25) is 5.91 Å². The number of para-hydroxylation sites is 1. The number of ether oxygens (including phenoxy) is 2. The molecule has 5 heteroatoms. The van der Waals surface area contributed by atoms with Gasteiger partial charge in [0.05, 0.1) is 26.2 Å². The molecule has 1 N–H and O–H groups in total. The van der Waals surface area contributed by atoms with E-state index in [4.69, 9.17) is 9.47 Å². The van der Waals surface area contributed by atoms with Crippen LogP contribution in [0.5, 0.6) is 5.75 Å². The Morgan fingerprint density at radius 1 is 1.31 bits per heavy atom. The van der Waals surface area contributed by atoms with Gasteiger partial charge < -0.3 is 14.8 Å². The normalized spacial score (nSPS) is 29.0. The summed E-state index contributed by atoms with van der Waals surface area (Å²) < 4.78 is 11.5. The van der Waals surface area contributed by atoms with E-state index >= 15 is 0 Å². The molecule has 4 rings (SSSR count). The maximum absolute atomic E-state index is 12.2. The standard InChI is InChI=1S/C21H30N2O3/c1-25-19-8-3-2-5-15(19)12-23-10-9-18-16(13-23)14-26-20(18)11-21(24)22-17-6-4-7-17/h2-3,5,8,16-18,20H,4,6-7,9-14H2,1H3,(H,22,24)/t16-,18-,20-/m1/s1. The first-order valence-corrected chi connectivity index (χ1v) is 9.98. The van der Waals surface area contributed by atoms with Gasteiger partial charge >= 0.3 is 0 Å². The number of benzene rings is 1. The van der Waals surface area contributed by atoms with E-state index in [2.05, 4.69) is 22.3 Å². The van der Waals surface area contributed by atoms with E-state index in [9.17, 15) is 4.79 Å². The molecule has 1 aromatic carbocycles. The molecule has 2 saturated heterocycles. The highest BCUT2D eigenvalue weighted by molar-refractivity contribution is 5.77. The first-order valence-electron chi connectivity index (χ1n) is 9.98. The van der Waals surface area contributed by atoms with E-state index in [1.54, 1.807) is 7.11 Å². The van der Waals surface area contributed by atoms with Crippen LogP contribution in [0.4, 0.5) is 0 Å². The molecule has 1 amide bonds. The molecular weight excluding hydrogens is 328 g/mol. The van der Waals surface area contributed by atoms with Gasteiger partial charge in [0.25, 0.3) is 0 Å². The number of nitrogens with zero attached hydrogens (tertiary/aromatic N) is 1. The summed E-state index contributed by atoms with van der Waals surface area (Å²) in [5, 5.41) is 3.15. The second-order valence-electron chi connectivity index (χ2n) is 8.03. The number of methoxy groups -OCH3 is 1. The van der Waals surface area contributed by atoms with Gasteiger partial charge in [-0.15, -0.1) is 0 Å². The van der Waals surface area contributed by atoms with Crippen molar-refractivity contribution in [2.75, 3.05) is 26.8 Å². The van der Waals surface area contributed by atoms with Gasteiger partial charge in [-0.25, -0.2) is 0 Å². The van der Waals surface area contributed by atoms with Gasteiger partial charge in [0.1, 0.15) is 5.75 Å². The molecule has 0 radical (unpaired) electrons. The zero-order valence-electron chi connectivity index (χ0n) is 15.7. The van der Waals surface area contributed by atoms with E-state index in [0.29, 0.717) is 24.3 Å².